The molecule has 4 aliphatic rings. The number of rotatable bonds is 5. The lowest BCUT2D eigenvalue weighted by Gasteiger charge is -2.62. The number of carbonyl (C=O) groups excluding carboxylic acids is 1. The van der Waals surface area contributed by atoms with E-state index >= 15 is 0 Å². The number of hydrogen-bond donors (Lipinski definition) is 3. The Kier molecular flexibility index (Phi) is 7.51. The number of carbonyl (C=O) groups is 1. The van der Waals surface area contributed by atoms with E-state index in [1.807, 2.05) is 0 Å². The van der Waals surface area contributed by atoms with Crippen LogP contribution in [0, 0.1) is 46.3 Å². The number of sulfonamides is 1. The summed E-state index contributed by atoms with van der Waals surface area (Å²) in [6.07, 6.45) is 8.77. The standard InChI is InChI=1S/C27H44N4O5S2/c1-15(5-10-23(34)29-24-31(4)30-25(37-24)38(28,35)36)19-8-9-20-18-7-6-16-13-17(32)11-12-26(16,2)21(18)14-22(33)27(19,20)3/h15-22,32-33H,5-14H2,1-4H3,(H2,28,35,36)/t15-,16-,17-,18+,19-,20+,21+,22+,26+,27-/m1/s1. The van der Waals surface area contributed by atoms with Gasteiger partial charge in [-0.1, -0.05) is 32.1 Å². The first-order valence-corrected chi connectivity index (χ1v) is 16.6. The largest absolute Gasteiger partial charge is 0.393 e. The molecular formula is C27H44N4O5S2. The van der Waals surface area contributed by atoms with E-state index in [0.29, 0.717) is 36.0 Å². The minimum atomic E-state index is -3.94. The topological polar surface area (TPSA) is 148 Å². The van der Waals surface area contributed by atoms with Gasteiger partial charge in [-0.3, -0.25) is 4.79 Å². The first kappa shape index (κ1) is 28.4. The third-order valence-corrected chi connectivity index (χ3v) is 13.8. The molecule has 214 valence electrons. The van der Waals surface area contributed by atoms with Crippen molar-refractivity contribution in [3.63, 3.8) is 0 Å². The zero-order valence-electron chi connectivity index (χ0n) is 23.0. The molecule has 4 saturated carbocycles. The van der Waals surface area contributed by atoms with Gasteiger partial charge in [-0.05, 0) is 104 Å². The maximum absolute atomic E-state index is 12.7. The smallest absolute Gasteiger partial charge is 0.267 e. The van der Waals surface area contributed by atoms with E-state index in [9.17, 15) is 23.4 Å². The van der Waals surface area contributed by atoms with Crippen LogP contribution in [0.1, 0.15) is 85.0 Å². The fourth-order valence-electron chi connectivity index (χ4n) is 9.42. The Morgan fingerprint density at radius 3 is 2.61 bits per heavy atom. The van der Waals surface area contributed by atoms with Crippen molar-refractivity contribution in [2.45, 2.75) is 102 Å². The monoisotopic (exact) mass is 568 g/mol. The Labute approximate surface area is 230 Å². The Morgan fingerprint density at radius 1 is 1.18 bits per heavy atom. The zero-order chi connectivity index (χ0) is 27.6. The van der Waals surface area contributed by atoms with Gasteiger partial charge in [0.1, 0.15) is 0 Å². The first-order chi connectivity index (χ1) is 17.7. The van der Waals surface area contributed by atoms with Crippen LogP contribution in [-0.4, -0.2) is 46.5 Å². The van der Waals surface area contributed by atoms with Crippen molar-refractivity contribution >= 4 is 27.3 Å². The lowest BCUT2D eigenvalue weighted by molar-refractivity contribution is -0.174. The van der Waals surface area contributed by atoms with Gasteiger partial charge < -0.3 is 10.2 Å². The van der Waals surface area contributed by atoms with Gasteiger partial charge in [-0.25, -0.2) is 18.2 Å². The van der Waals surface area contributed by atoms with Gasteiger partial charge in [0.05, 0.1) is 12.2 Å². The molecule has 0 unspecified atom stereocenters. The number of aliphatic hydroxyl groups is 2. The van der Waals surface area contributed by atoms with Crippen molar-refractivity contribution in [1.82, 2.24) is 9.78 Å². The van der Waals surface area contributed by atoms with E-state index in [-0.39, 0.29) is 50.4 Å². The Hall–Kier alpha value is -1.14. The van der Waals surface area contributed by atoms with Crippen LogP contribution in [0.25, 0.3) is 0 Å². The maximum atomic E-state index is 12.7. The molecule has 0 spiro atoms. The molecule has 38 heavy (non-hydrogen) atoms. The van der Waals surface area contributed by atoms with Gasteiger partial charge in [-0.2, -0.15) is 4.99 Å². The SMILES string of the molecule is C[C@H](CCC(=O)N=c1sc(S(N)(=O)=O)nn1C)[C@H]1CC[C@H]2[C@@H]3CC[C@@H]4C[C@H](O)CC[C@]4(C)[C@H]3C[C@H](O)[C@]12C. The number of hydrogen-bond acceptors (Lipinski definition) is 7. The summed E-state index contributed by atoms with van der Waals surface area (Å²) in [7, 11) is -2.40. The summed E-state index contributed by atoms with van der Waals surface area (Å²) >= 11 is 0.791. The second-order valence-corrected chi connectivity index (χ2v) is 15.9. The van der Waals surface area contributed by atoms with Crippen LogP contribution in [0.3, 0.4) is 0 Å². The molecule has 10 atom stereocenters. The van der Waals surface area contributed by atoms with Crippen molar-refractivity contribution in [3.05, 3.63) is 4.80 Å². The second kappa shape index (κ2) is 10.0. The summed E-state index contributed by atoms with van der Waals surface area (Å²) in [5.41, 5.74) is 0.0740. The summed E-state index contributed by atoms with van der Waals surface area (Å²) in [5.74, 6) is 2.54. The van der Waals surface area contributed by atoms with Gasteiger partial charge >= 0.3 is 0 Å². The Balaban J connectivity index is 1.27. The Bertz CT molecular complexity index is 1240. The van der Waals surface area contributed by atoms with Crippen LogP contribution in [0.5, 0.6) is 0 Å². The predicted molar refractivity (Wildman–Crippen MR) is 144 cm³/mol. The van der Waals surface area contributed by atoms with Gasteiger partial charge in [0.25, 0.3) is 10.0 Å². The minimum absolute atomic E-state index is 0.146. The highest BCUT2D eigenvalue weighted by Gasteiger charge is 2.63. The highest BCUT2D eigenvalue weighted by Crippen LogP contribution is 2.68. The van der Waals surface area contributed by atoms with E-state index in [2.05, 4.69) is 30.9 Å². The Morgan fingerprint density at radius 2 is 1.92 bits per heavy atom. The molecule has 0 aromatic carbocycles. The van der Waals surface area contributed by atoms with Gasteiger partial charge in [0.2, 0.25) is 15.0 Å². The number of nitrogens with zero attached hydrogens (tertiary/aromatic N) is 3. The molecule has 4 N–H and O–H groups in total. The van der Waals surface area contributed by atoms with Crippen LogP contribution < -0.4 is 9.94 Å². The number of fused-ring (bicyclic) bond motifs is 5. The summed E-state index contributed by atoms with van der Waals surface area (Å²) in [5, 5.41) is 31.0. The molecule has 0 radical (unpaired) electrons. The lowest BCUT2D eigenvalue weighted by Crippen LogP contribution is -2.58. The van der Waals surface area contributed by atoms with Crippen LogP contribution in [0.2, 0.25) is 0 Å². The van der Waals surface area contributed by atoms with Gasteiger partial charge in [0.15, 0.2) is 0 Å². The molecule has 4 aliphatic carbocycles. The molecule has 0 bridgehead atoms. The zero-order valence-corrected chi connectivity index (χ0v) is 24.7. The van der Waals surface area contributed by atoms with Crippen molar-refractivity contribution in [3.8, 4) is 0 Å². The molecule has 1 aromatic rings. The fraction of sp³-hybridized carbons (Fsp3) is 0.889. The van der Waals surface area contributed by atoms with Crippen molar-refractivity contribution in [2.24, 2.45) is 63.5 Å². The van der Waals surface area contributed by atoms with E-state index < -0.39 is 10.0 Å². The second-order valence-electron chi connectivity index (χ2n) is 13.2. The third kappa shape index (κ3) is 4.74. The van der Waals surface area contributed by atoms with Crippen molar-refractivity contribution in [1.29, 1.82) is 0 Å². The van der Waals surface area contributed by atoms with E-state index in [1.165, 1.54) is 17.5 Å². The van der Waals surface area contributed by atoms with E-state index in [4.69, 9.17) is 5.14 Å². The summed E-state index contributed by atoms with van der Waals surface area (Å²) in [6, 6.07) is 0. The highest BCUT2D eigenvalue weighted by atomic mass is 32.2. The molecule has 9 nitrogen and oxygen atoms in total. The quantitative estimate of drug-likeness (QED) is 0.497. The number of nitrogens with two attached hydrogens (primary N) is 1. The number of aryl methyl sites for hydroxylation is 1. The van der Waals surface area contributed by atoms with Gasteiger partial charge in [0, 0.05) is 13.5 Å². The third-order valence-electron chi connectivity index (χ3n) is 11.5. The summed E-state index contributed by atoms with van der Waals surface area (Å²) in [4.78, 5) is 17.0. The molecule has 11 heteroatoms. The van der Waals surface area contributed by atoms with Gasteiger partial charge in [-0.15, -0.1) is 5.10 Å². The summed E-state index contributed by atoms with van der Waals surface area (Å²) in [6.45, 7) is 6.95. The molecule has 1 aromatic heterocycles. The van der Waals surface area contributed by atoms with Crippen molar-refractivity contribution in [2.75, 3.05) is 0 Å². The summed E-state index contributed by atoms with van der Waals surface area (Å²) < 4.78 is 24.1. The molecular weight excluding hydrogens is 524 g/mol. The number of aliphatic hydroxyl groups excluding tert-OH is 2. The van der Waals surface area contributed by atoms with Crippen LogP contribution in [0.15, 0.2) is 9.33 Å². The molecule has 0 aliphatic heterocycles. The number of amides is 1. The molecule has 0 saturated heterocycles. The predicted octanol–water partition coefficient (Wildman–Crippen LogP) is 2.96. The molecule has 5 rings (SSSR count). The van der Waals surface area contributed by atoms with Crippen LogP contribution >= 0.6 is 11.3 Å². The number of primary sulfonamides is 1. The highest BCUT2D eigenvalue weighted by molar-refractivity contribution is 7.91. The maximum Gasteiger partial charge on any atom is 0.267 e. The average Bonchev–Trinajstić information content (AvgIpc) is 3.39. The fourth-order valence-corrected chi connectivity index (χ4v) is 11.0. The normalized spacial score (nSPS) is 42.3. The molecule has 1 amide bonds. The van der Waals surface area contributed by atoms with E-state index in [1.54, 1.807) is 7.05 Å². The molecule has 1 heterocycles. The average molecular weight is 569 g/mol. The minimum Gasteiger partial charge on any atom is -0.393 e. The molecule has 4 fully saturated rings. The first-order valence-electron chi connectivity index (χ1n) is 14.3. The number of aromatic nitrogens is 2. The van der Waals surface area contributed by atoms with Crippen LogP contribution in [-0.2, 0) is 21.9 Å². The lowest BCUT2D eigenvalue weighted by atomic mass is 9.43. The van der Waals surface area contributed by atoms with Crippen molar-refractivity contribution < 1.29 is 23.4 Å². The van der Waals surface area contributed by atoms with Crippen LogP contribution in [0.4, 0.5) is 0 Å². The van der Waals surface area contributed by atoms with E-state index in [0.717, 1.165) is 49.9 Å².